The molecule has 23 heavy (non-hydrogen) atoms. The standard InChI is InChI=1S/C13H11ClN4O5/c1-16-6-8(12(20)17(2)13(16)21)11(19)15-10-4-3-7(18(22)23)5-9(10)14/h3-6H,1-2H3,(H,15,19). The van der Waals surface area contributed by atoms with Crippen molar-refractivity contribution in [2.24, 2.45) is 14.1 Å². The molecule has 0 aliphatic carbocycles. The Bertz CT molecular complexity index is 931. The Labute approximate surface area is 133 Å². The van der Waals surface area contributed by atoms with Crippen molar-refractivity contribution in [3.8, 4) is 0 Å². The summed E-state index contributed by atoms with van der Waals surface area (Å²) >= 11 is 5.87. The maximum Gasteiger partial charge on any atom is 0.330 e. The molecule has 2 aromatic rings. The van der Waals surface area contributed by atoms with Crippen molar-refractivity contribution < 1.29 is 9.72 Å². The van der Waals surface area contributed by atoms with E-state index in [9.17, 15) is 24.5 Å². The largest absolute Gasteiger partial charge is 0.330 e. The molecule has 0 saturated heterocycles. The van der Waals surface area contributed by atoms with Crippen molar-refractivity contribution in [3.05, 3.63) is 65.9 Å². The fourth-order valence-electron chi connectivity index (χ4n) is 1.87. The van der Waals surface area contributed by atoms with Gasteiger partial charge in [-0.05, 0) is 6.07 Å². The van der Waals surface area contributed by atoms with Gasteiger partial charge in [0.1, 0.15) is 5.56 Å². The van der Waals surface area contributed by atoms with Gasteiger partial charge in [0.25, 0.3) is 17.2 Å². The predicted octanol–water partition coefficient (Wildman–Crippen LogP) is 0.898. The van der Waals surface area contributed by atoms with E-state index in [0.717, 1.165) is 21.4 Å². The lowest BCUT2D eigenvalue weighted by Gasteiger charge is -2.09. The number of halogens is 1. The van der Waals surface area contributed by atoms with Crippen molar-refractivity contribution in [2.75, 3.05) is 5.32 Å². The molecule has 1 aromatic carbocycles. The zero-order valence-electron chi connectivity index (χ0n) is 12.1. The van der Waals surface area contributed by atoms with Crippen LogP contribution in [0.25, 0.3) is 0 Å². The lowest BCUT2D eigenvalue weighted by molar-refractivity contribution is -0.384. The third-order valence-corrected chi connectivity index (χ3v) is 3.42. The van der Waals surface area contributed by atoms with Crippen LogP contribution in [-0.2, 0) is 14.1 Å². The second kappa shape index (κ2) is 6.05. The number of nitro benzene ring substituents is 1. The number of non-ortho nitro benzene ring substituents is 1. The van der Waals surface area contributed by atoms with Gasteiger partial charge < -0.3 is 9.88 Å². The highest BCUT2D eigenvalue weighted by Gasteiger charge is 2.17. The Morgan fingerprint density at radius 3 is 2.52 bits per heavy atom. The first-order valence-corrected chi connectivity index (χ1v) is 6.62. The van der Waals surface area contributed by atoms with Crippen LogP contribution in [0.1, 0.15) is 10.4 Å². The van der Waals surface area contributed by atoms with Gasteiger partial charge in [0.05, 0.1) is 15.6 Å². The van der Waals surface area contributed by atoms with Crippen molar-refractivity contribution in [3.63, 3.8) is 0 Å². The summed E-state index contributed by atoms with van der Waals surface area (Å²) in [6, 6.07) is 3.50. The van der Waals surface area contributed by atoms with Crippen LogP contribution in [-0.4, -0.2) is 20.0 Å². The lowest BCUT2D eigenvalue weighted by atomic mass is 10.2. The van der Waals surface area contributed by atoms with Gasteiger partial charge in [-0.25, -0.2) is 4.79 Å². The van der Waals surface area contributed by atoms with E-state index in [1.165, 1.54) is 26.2 Å². The van der Waals surface area contributed by atoms with Gasteiger partial charge in [-0.3, -0.25) is 24.3 Å². The third kappa shape index (κ3) is 3.14. The minimum atomic E-state index is -0.781. The molecule has 0 unspecified atom stereocenters. The quantitative estimate of drug-likeness (QED) is 0.659. The Morgan fingerprint density at radius 1 is 1.30 bits per heavy atom. The first kappa shape index (κ1) is 16.4. The molecule has 0 radical (unpaired) electrons. The summed E-state index contributed by atoms with van der Waals surface area (Å²) in [6.07, 6.45) is 1.11. The van der Waals surface area contributed by atoms with Gasteiger partial charge in [0.2, 0.25) is 0 Å². The van der Waals surface area contributed by atoms with E-state index in [0.29, 0.717) is 0 Å². The van der Waals surface area contributed by atoms with Crippen LogP contribution in [0.15, 0.2) is 34.0 Å². The number of rotatable bonds is 3. The number of anilines is 1. The second-order valence-corrected chi connectivity index (χ2v) is 5.08. The number of carbonyl (C=O) groups is 1. The minimum absolute atomic E-state index is 0.0470. The van der Waals surface area contributed by atoms with E-state index >= 15 is 0 Å². The number of hydrogen-bond donors (Lipinski definition) is 1. The molecular formula is C13H11ClN4O5. The van der Waals surface area contributed by atoms with Crippen LogP contribution in [0, 0.1) is 10.1 Å². The molecule has 0 saturated carbocycles. The lowest BCUT2D eigenvalue weighted by Crippen LogP contribution is -2.40. The van der Waals surface area contributed by atoms with Crippen molar-refractivity contribution in [2.45, 2.75) is 0 Å². The van der Waals surface area contributed by atoms with E-state index in [4.69, 9.17) is 11.6 Å². The van der Waals surface area contributed by atoms with Crippen LogP contribution in [0.5, 0.6) is 0 Å². The number of benzene rings is 1. The SMILES string of the molecule is Cn1cc(C(=O)Nc2ccc([N+](=O)[O-])cc2Cl)c(=O)n(C)c1=O. The van der Waals surface area contributed by atoms with Crippen LogP contribution >= 0.6 is 11.6 Å². The maximum absolute atomic E-state index is 12.2. The van der Waals surface area contributed by atoms with Gasteiger partial charge in [-0.1, -0.05) is 11.6 Å². The molecule has 0 fully saturated rings. The second-order valence-electron chi connectivity index (χ2n) is 4.68. The van der Waals surface area contributed by atoms with Gasteiger partial charge in [-0.2, -0.15) is 0 Å². The number of nitro groups is 1. The van der Waals surface area contributed by atoms with Gasteiger partial charge in [0, 0.05) is 32.4 Å². The minimum Gasteiger partial charge on any atom is -0.320 e. The fraction of sp³-hybridized carbons (Fsp3) is 0.154. The molecule has 0 spiro atoms. The van der Waals surface area contributed by atoms with E-state index in [1.54, 1.807) is 0 Å². The molecule has 1 amide bonds. The Morgan fingerprint density at radius 2 is 1.96 bits per heavy atom. The molecule has 2 rings (SSSR count). The summed E-state index contributed by atoms with van der Waals surface area (Å²) in [7, 11) is 2.65. The Balaban J connectivity index is 2.39. The highest BCUT2D eigenvalue weighted by molar-refractivity contribution is 6.34. The van der Waals surface area contributed by atoms with Crippen LogP contribution in [0.3, 0.4) is 0 Å². The maximum atomic E-state index is 12.2. The zero-order valence-corrected chi connectivity index (χ0v) is 12.8. The fourth-order valence-corrected chi connectivity index (χ4v) is 2.09. The van der Waals surface area contributed by atoms with Crippen LogP contribution < -0.4 is 16.6 Å². The summed E-state index contributed by atoms with van der Waals surface area (Å²) in [5.74, 6) is -0.781. The summed E-state index contributed by atoms with van der Waals surface area (Å²) in [6.45, 7) is 0. The highest BCUT2D eigenvalue weighted by atomic mass is 35.5. The highest BCUT2D eigenvalue weighted by Crippen LogP contribution is 2.26. The summed E-state index contributed by atoms with van der Waals surface area (Å²) in [4.78, 5) is 45.8. The van der Waals surface area contributed by atoms with E-state index in [1.807, 2.05) is 0 Å². The van der Waals surface area contributed by atoms with Gasteiger partial charge >= 0.3 is 5.69 Å². The number of amides is 1. The Hall–Kier alpha value is -2.94. The number of hydrogen-bond acceptors (Lipinski definition) is 5. The molecule has 0 aliphatic rings. The summed E-state index contributed by atoms with van der Waals surface area (Å²) < 4.78 is 1.89. The first-order chi connectivity index (χ1) is 10.7. The average molecular weight is 339 g/mol. The number of nitrogens with one attached hydrogen (secondary N) is 1. The van der Waals surface area contributed by atoms with Crippen LogP contribution in [0.4, 0.5) is 11.4 Å². The molecule has 1 aromatic heterocycles. The number of nitrogens with zero attached hydrogens (tertiary/aromatic N) is 3. The smallest absolute Gasteiger partial charge is 0.320 e. The van der Waals surface area contributed by atoms with Crippen LogP contribution in [0.2, 0.25) is 5.02 Å². The molecule has 0 atom stereocenters. The summed E-state index contributed by atoms with van der Waals surface area (Å²) in [5.41, 5.74) is -1.71. The average Bonchev–Trinajstić information content (AvgIpc) is 2.50. The number of aryl methyl sites for hydroxylation is 1. The molecule has 120 valence electrons. The number of carbonyl (C=O) groups excluding carboxylic acids is 1. The van der Waals surface area contributed by atoms with E-state index in [2.05, 4.69) is 5.32 Å². The number of aromatic nitrogens is 2. The van der Waals surface area contributed by atoms with Gasteiger partial charge in [-0.15, -0.1) is 0 Å². The van der Waals surface area contributed by atoms with E-state index in [-0.39, 0.29) is 22.0 Å². The summed E-state index contributed by atoms with van der Waals surface area (Å²) in [5, 5.41) is 13.0. The monoisotopic (exact) mass is 338 g/mol. The molecule has 0 bridgehead atoms. The van der Waals surface area contributed by atoms with Crippen molar-refractivity contribution >= 4 is 28.9 Å². The Kier molecular flexibility index (Phi) is 4.32. The molecule has 1 heterocycles. The van der Waals surface area contributed by atoms with Crippen molar-refractivity contribution in [1.29, 1.82) is 0 Å². The third-order valence-electron chi connectivity index (χ3n) is 3.10. The molecule has 1 N–H and O–H groups in total. The normalized spacial score (nSPS) is 10.4. The molecular weight excluding hydrogens is 328 g/mol. The molecule has 9 nitrogen and oxygen atoms in total. The zero-order chi connectivity index (χ0) is 17.3. The van der Waals surface area contributed by atoms with Crippen molar-refractivity contribution in [1.82, 2.24) is 9.13 Å². The van der Waals surface area contributed by atoms with Gasteiger partial charge in [0.15, 0.2) is 0 Å². The molecule has 0 aliphatic heterocycles. The first-order valence-electron chi connectivity index (χ1n) is 6.24. The topological polar surface area (TPSA) is 116 Å². The molecule has 10 heteroatoms. The van der Waals surface area contributed by atoms with E-state index < -0.39 is 22.1 Å². The predicted molar refractivity (Wildman–Crippen MR) is 83.0 cm³/mol.